The number of aliphatic hydroxyl groups is 1. The second-order valence-corrected chi connectivity index (χ2v) is 2.05. The van der Waals surface area contributed by atoms with Crippen molar-refractivity contribution in [2.24, 2.45) is 5.73 Å². The first-order valence-electron chi connectivity index (χ1n) is 3.20. The van der Waals surface area contributed by atoms with Gasteiger partial charge in [0.25, 0.3) is 0 Å². The van der Waals surface area contributed by atoms with Gasteiger partial charge in [-0.2, -0.15) is 0 Å². The van der Waals surface area contributed by atoms with Crippen LogP contribution in [0.15, 0.2) is 6.20 Å². The minimum Gasteiger partial charge on any atom is -0.390 e. The summed E-state index contributed by atoms with van der Waals surface area (Å²) in [6.45, 7) is 0.593. The van der Waals surface area contributed by atoms with E-state index in [1.54, 1.807) is 6.20 Å². The number of imidazole rings is 1. The van der Waals surface area contributed by atoms with Gasteiger partial charge in [0.1, 0.15) is 5.82 Å². The molecule has 4 nitrogen and oxygen atoms in total. The second-order valence-electron chi connectivity index (χ2n) is 2.05. The van der Waals surface area contributed by atoms with E-state index < -0.39 is 0 Å². The highest BCUT2D eigenvalue weighted by Crippen LogP contribution is 1.95. The number of nitrogens with zero attached hydrogens (tertiary/aromatic N) is 1. The first-order valence-corrected chi connectivity index (χ1v) is 3.20. The maximum Gasteiger partial charge on any atom is 0.107 e. The van der Waals surface area contributed by atoms with Crippen LogP contribution in [0.4, 0.5) is 0 Å². The third-order valence-electron chi connectivity index (χ3n) is 1.23. The highest BCUT2D eigenvalue weighted by atomic mass is 16.3. The molecular weight excluding hydrogens is 130 g/mol. The summed E-state index contributed by atoms with van der Waals surface area (Å²) in [7, 11) is 0. The molecule has 0 aliphatic rings. The molecular formula is C6H11N3O. The monoisotopic (exact) mass is 141 g/mol. The topological polar surface area (TPSA) is 74.9 Å². The normalized spacial score (nSPS) is 10.2. The summed E-state index contributed by atoms with van der Waals surface area (Å²) in [5.74, 6) is 0.839. The van der Waals surface area contributed by atoms with Crippen LogP contribution >= 0.6 is 0 Å². The largest absolute Gasteiger partial charge is 0.390 e. The molecule has 0 atom stereocenters. The Kier molecular flexibility index (Phi) is 2.42. The maximum atomic E-state index is 8.62. The summed E-state index contributed by atoms with van der Waals surface area (Å²) >= 11 is 0. The van der Waals surface area contributed by atoms with Gasteiger partial charge in [0.05, 0.1) is 18.5 Å². The van der Waals surface area contributed by atoms with E-state index in [0.29, 0.717) is 6.54 Å². The van der Waals surface area contributed by atoms with Gasteiger partial charge in [-0.05, 0) is 6.54 Å². The molecule has 0 fully saturated rings. The summed E-state index contributed by atoms with van der Waals surface area (Å²) < 4.78 is 0. The van der Waals surface area contributed by atoms with E-state index in [1.807, 2.05) is 0 Å². The fourth-order valence-corrected chi connectivity index (χ4v) is 0.750. The SMILES string of the molecule is NCCc1ncc(CO)[nH]1. The quantitative estimate of drug-likeness (QED) is 0.526. The predicted octanol–water partition coefficient (Wildman–Crippen LogP) is -0.597. The molecule has 0 bridgehead atoms. The molecule has 4 N–H and O–H groups in total. The Hall–Kier alpha value is -0.870. The Balaban J connectivity index is 2.59. The van der Waals surface area contributed by atoms with Gasteiger partial charge in [-0.1, -0.05) is 0 Å². The summed E-state index contributed by atoms with van der Waals surface area (Å²) in [4.78, 5) is 6.90. The van der Waals surface area contributed by atoms with E-state index in [4.69, 9.17) is 10.8 Å². The van der Waals surface area contributed by atoms with Crippen LogP contribution in [0.1, 0.15) is 11.5 Å². The highest BCUT2D eigenvalue weighted by molar-refractivity contribution is 4.99. The van der Waals surface area contributed by atoms with Gasteiger partial charge in [-0.3, -0.25) is 0 Å². The van der Waals surface area contributed by atoms with Crippen molar-refractivity contribution in [3.63, 3.8) is 0 Å². The minimum absolute atomic E-state index is 0.0115. The van der Waals surface area contributed by atoms with Crippen LogP contribution in [0, 0.1) is 0 Å². The number of rotatable bonds is 3. The number of hydrogen-bond acceptors (Lipinski definition) is 3. The smallest absolute Gasteiger partial charge is 0.107 e. The molecule has 0 aromatic carbocycles. The zero-order valence-corrected chi connectivity index (χ0v) is 5.67. The van der Waals surface area contributed by atoms with E-state index in [9.17, 15) is 0 Å². The summed E-state index contributed by atoms with van der Waals surface area (Å²) in [6.07, 6.45) is 2.35. The third kappa shape index (κ3) is 1.55. The van der Waals surface area contributed by atoms with E-state index >= 15 is 0 Å². The Morgan fingerprint density at radius 1 is 1.70 bits per heavy atom. The Bertz CT molecular complexity index is 197. The molecule has 56 valence electrons. The van der Waals surface area contributed by atoms with Crippen molar-refractivity contribution in [1.29, 1.82) is 0 Å². The average molecular weight is 141 g/mol. The van der Waals surface area contributed by atoms with Gasteiger partial charge in [-0.25, -0.2) is 4.98 Å². The van der Waals surface area contributed by atoms with Crippen molar-refractivity contribution in [2.45, 2.75) is 13.0 Å². The Labute approximate surface area is 59.1 Å². The molecule has 1 aromatic rings. The molecule has 0 aliphatic carbocycles. The lowest BCUT2D eigenvalue weighted by Gasteiger charge is -1.89. The molecule has 1 rings (SSSR count). The molecule has 10 heavy (non-hydrogen) atoms. The van der Waals surface area contributed by atoms with Gasteiger partial charge in [0.2, 0.25) is 0 Å². The standard InChI is InChI=1S/C6H11N3O/c7-2-1-6-8-3-5(4-10)9-6/h3,10H,1-2,4,7H2,(H,8,9). The lowest BCUT2D eigenvalue weighted by Crippen LogP contribution is -2.03. The van der Waals surface area contributed by atoms with Crippen molar-refractivity contribution in [3.8, 4) is 0 Å². The van der Waals surface area contributed by atoms with Gasteiger partial charge in [0, 0.05) is 6.42 Å². The second kappa shape index (κ2) is 3.34. The van der Waals surface area contributed by atoms with E-state index in [0.717, 1.165) is 17.9 Å². The van der Waals surface area contributed by atoms with Crippen molar-refractivity contribution in [3.05, 3.63) is 17.7 Å². The summed E-state index contributed by atoms with van der Waals surface area (Å²) in [6, 6.07) is 0. The number of hydrogen-bond donors (Lipinski definition) is 3. The van der Waals surface area contributed by atoms with E-state index in [-0.39, 0.29) is 6.61 Å². The fourth-order valence-electron chi connectivity index (χ4n) is 0.750. The number of aromatic amines is 1. The molecule has 0 saturated heterocycles. The molecule has 0 amide bonds. The van der Waals surface area contributed by atoms with Crippen molar-refractivity contribution in [1.82, 2.24) is 9.97 Å². The van der Waals surface area contributed by atoms with Crippen LogP contribution in [0.3, 0.4) is 0 Å². The van der Waals surface area contributed by atoms with Crippen LogP contribution in [-0.2, 0) is 13.0 Å². The molecule has 0 unspecified atom stereocenters. The third-order valence-corrected chi connectivity index (χ3v) is 1.23. The van der Waals surface area contributed by atoms with Crippen LogP contribution in [-0.4, -0.2) is 21.6 Å². The maximum absolute atomic E-state index is 8.62. The molecule has 0 aliphatic heterocycles. The molecule has 0 saturated carbocycles. The summed E-state index contributed by atoms with van der Waals surface area (Å²) in [5, 5.41) is 8.62. The highest BCUT2D eigenvalue weighted by Gasteiger charge is 1.96. The zero-order valence-electron chi connectivity index (χ0n) is 5.67. The van der Waals surface area contributed by atoms with Crippen molar-refractivity contribution >= 4 is 0 Å². The van der Waals surface area contributed by atoms with Crippen LogP contribution < -0.4 is 5.73 Å². The Morgan fingerprint density at radius 2 is 2.50 bits per heavy atom. The van der Waals surface area contributed by atoms with E-state index in [2.05, 4.69) is 9.97 Å². The number of H-pyrrole nitrogens is 1. The van der Waals surface area contributed by atoms with Gasteiger partial charge < -0.3 is 15.8 Å². The molecule has 4 heteroatoms. The molecule has 1 aromatic heterocycles. The van der Waals surface area contributed by atoms with Crippen LogP contribution in [0.2, 0.25) is 0 Å². The van der Waals surface area contributed by atoms with Crippen molar-refractivity contribution < 1.29 is 5.11 Å². The average Bonchev–Trinajstić information content (AvgIpc) is 2.37. The Morgan fingerprint density at radius 3 is 3.00 bits per heavy atom. The lowest BCUT2D eigenvalue weighted by atomic mass is 10.4. The van der Waals surface area contributed by atoms with Gasteiger partial charge in [-0.15, -0.1) is 0 Å². The van der Waals surface area contributed by atoms with Crippen molar-refractivity contribution in [2.75, 3.05) is 6.54 Å². The number of aromatic nitrogens is 2. The number of nitrogens with one attached hydrogen (secondary N) is 1. The predicted molar refractivity (Wildman–Crippen MR) is 37.3 cm³/mol. The minimum atomic E-state index is 0.0115. The number of nitrogens with two attached hydrogens (primary N) is 1. The molecule has 0 spiro atoms. The van der Waals surface area contributed by atoms with Crippen LogP contribution in [0.25, 0.3) is 0 Å². The van der Waals surface area contributed by atoms with Crippen LogP contribution in [0.5, 0.6) is 0 Å². The van der Waals surface area contributed by atoms with Gasteiger partial charge >= 0.3 is 0 Å². The zero-order chi connectivity index (χ0) is 7.40. The lowest BCUT2D eigenvalue weighted by molar-refractivity contribution is 0.277. The fraction of sp³-hybridized carbons (Fsp3) is 0.500. The molecule has 1 heterocycles. The number of aliphatic hydroxyl groups excluding tert-OH is 1. The van der Waals surface area contributed by atoms with Gasteiger partial charge in [0.15, 0.2) is 0 Å². The summed E-state index contributed by atoms with van der Waals surface area (Å²) in [5.41, 5.74) is 6.03. The first kappa shape index (κ1) is 7.24. The molecule has 0 radical (unpaired) electrons. The van der Waals surface area contributed by atoms with E-state index in [1.165, 1.54) is 0 Å². The first-order chi connectivity index (χ1) is 4.86.